The zero-order valence-corrected chi connectivity index (χ0v) is 11.4. The molecule has 0 amide bonds. The first-order valence-corrected chi connectivity index (χ1v) is 7.14. The number of benzene rings is 1. The first-order chi connectivity index (χ1) is 9.24. The molecule has 0 aliphatic heterocycles. The fourth-order valence-electron chi connectivity index (χ4n) is 2.94. The summed E-state index contributed by atoms with van der Waals surface area (Å²) in [6, 6.07) is 8.67. The van der Waals surface area contributed by atoms with Crippen molar-refractivity contribution in [1.82, 2.24) is 4.98 Å². The van der Waals surface area contributed by atoms with Crippen molar-refractivity contribution in [3.8, 4) is 0 Å². The number of nitrogens with zero attached hydrogens (tertiary/aromatic N) is 1. The molecule has 1 saturated carbocycles. The molecule has 0 saturated heterocycles. The van der Waals surface area contributed by atoms with Crippen LogP contribution in [-0.2, 0) is 0 Å². The Morgan fingerprint density at radius 3 is 2.74 bits per heavy atom. The summed E-state index contributed by atoms with van der Waals surface area (Å²) < 4.78 is 0. The van der Waals surface area contributed by atoms with Crippen LogP contribution in [0, 0.1) is 5.92 Å². The van der Waals surface area contributed by atoms with Gasteiger partial charge in [0.15, 0.2) is 0 Å². The van der Waals surface area contributed by atoms with E-state index in [9.17, 15) is 0 Å². The molecule has 1 aliphatic carbocycles. The number of hydrogen-bond donors (Lipinski definition) is 2. The molecule has 19 heavy (non-hydrogen) atoms. The number of nitrogens with one attached hydrogen (secondary N) is 1. The lowest BCUT2D eigenvalue weighted by Crippen LogP contribution is -2.25. The van der Waals surface area contributed by atoms with E-state index in [1.54, 1.807) is 6.20 Å². The largest absolute Gasteiger partial charge is 0.397 e. The van der Waals surface area contributed by atoms with Gasteiger partial charge in [-0.15, -0.1) is 0 Å². The van der Waals surface area contributed by atoms with Crippen molar-refractivity contribution in [3.05, 3.63) is 30.5 Å². The maximum absolute atomic E-state index is 5.99. The van der Waals surface area contributed by atoms with Gasteiger partial charge < -0.3 is 11.1 Å². The summed E-state index contributed by atoms with van der Waals surface area (Å²) in [7, 11) is 0. The highest BCUT2D eigenvalue weighted by Gasteiger charge is 2.18. The quantitative estimate of drug-likeness (QED) is 0.802. The number of hydrogen-bond acceptors (Lipinski definition) is 3. The number of aromatic nitrogens is 1. The second-order valence-corrected chi connectivity index (χ2v) is 5.70. The predicted molar refractivity (Wildman–Crippen MR) is 81.2 cm³/mol. The predicted octanol–water partition coefficient (Wildman–Crippen LogP) is 3.81. The Balaban J connectivity index is 1.87. The number of pyridine rings is 1. The summed E-state index contributed by atoms with van der Waals surface area (Å²) in [6.45, 7) is 2.35. The van der Waals surface area contributed by atoms with Crippen LogP contribution in [0.4, 0.5) is 11.4 Å². The Morgan fingerprint density at radius 2 is 1.95 bits per heavy atom. The van der Waals surface area contributed by atoms with E-state index >= 15 is 0 Å². The second kappa shape index (κ2) is 5.08. The average molecular weight is 255 g/mol. The lowest BCUT2D eigenvalue weighted by Gasteiger charge is -2.28. The first-order valence-electron chi connectivity index (χ1n) is 7.14. The Hall–Kier alpha value is -1.77. The van der Waals surface area contributed by atoms with E-state index in [4.69, 9.17) is 5.73 Å². The van der Waals surface area contributed by atoms with Gasteiger partial charge in [-0.25, -0.2) is 0 Å². The van der Waals surface area contributed by atoms with E-state index in [0.29, 0.717) is 6.04 Å². The topological polar surface area (TPSA) is 50.9 Å². The Kier molecular flexibility index (Phi) is 3.28. The third-order valence-electron chi connectivity index (χ3n) is 4.18. The maximum Gasteiger partial charge on any atom is 0.0951 e. The van der Waals surface area contributed by atoms with E-state index < -0.39 is 0 Å². The molecule has 3 heteroatoms. The van der Waals surface area contributed by atoms with Crippen molar-refractivity contribution >= 4 is 22.3 Å². The monoisotopic (exact) mass is 255 g/mol. The maximum atomic E-state index is 5.99. The Labute approximate surface area is 114 Å². The van der Waals surface area contributed by atoms with Crippen molar-refractivity contribution in [2.45, 2.75) is 38.6 Å². The van der Waals surface area contributed by atoms with Gasteiger partial charge in [0.05, 0.1) is 11.2 Å². The van der Waals surface area contributed by atoms with Crippen LogP contribution in [0.1, 0.15) is 32.6 Å². The molecule has 3 rings (SSSR count). The zero-order valence-electron chi connectivity index (χ0n) is 11.4. The van der Waals surface area contributed by atoms with Gasteiger partial charge >= 0.3 is 0 Å². The number of nitrogen functional groups attached to an aromatic ring is 1. The zero-order chi connectivity index (χ0) is 13.2. The van der Waals surface area contributed by atoms with Gasteiger partial charge in [0, 0.05) is 23.3 Å². The van der Waals surface area contributed by atoms with E-state index in [-0.39, 0.29) is 0 Å². The third-order valence-corrected chi connectivity index (χ3v) is 4.18. The average Bonchev–Trinajstić information content (AvgIpc) is 2.45. The number of rotatable bonds is 2. The molecular weight excluding hydrogens is 234 g/mol. The molecule has 3 N–H and O–H groups in total. The number of anilines is 2. The van der Waals surface area contributed by atoms with Gasteiger partial charge in [-0.3, -0.25) is 4.98 Å². The fourth-order valence-corrected chi connectivity index (χ4v) is 2.94. The van der Waals surface area contributed by atoms with Crippen molar-refractivity contribution in [2.24, 2.45) is 5.92 Å². The Morgan fingerprint density at radius 1 is 1.16 bits per heavy atom. The molecule has 1 fully saturated rings. The van der Waals surface area contributed by atoms with Crippen LogP contribution in [0.5, 0.6) is 0 Å². The molecule has 1 aromatic carbocycles. The summed E-state index contributed by atoms with van der Waals surface area (Å²) in [6.07, 6.45) is 6.96. The summed E-state index contributed by atoms with van der Waals surface area (Å²) >= 11 is 0. The van der Waals surface area contributed by atoms with Gasteiger partial charge in [-0.2, -0.15) is 0 Å². The van der Waals surface area contributed by atoms with Crippen molar-refractivity contribution in [2.75, 3.05) is 11.1 Å². The minimum Gasteiger partial charge on any atom is -0.397 e. The normalized spacial score (nSPS) is 23.4. The second-order valence-electron chi connectivity index (χ2n) is 5.70. The molecule has 0 spiro atoms. The molecule has 0 bridgehead atoms. The van der Waals surface area contributed by atoms with Crippen LogP contribution in [0.3, 0.4) is 0 Å². The minimum atomic E-state index is 0.586. The fraction of sp³-hybridized carbons (Fsp3) is 0.438. The van der Waals surface area contributed by atoms with Crippen molar-refractivity contribution in [1.29, 1.82) is 0 Å². The van der Waals surface area contributed by atoms with E-state index in [1.807, 2.05) is 12.1 Å². The molecule has 1 heterocycles. The Bertz CT molecular complexity index is 571. The van der Waals surface area contributed by atoms with Crippen molar-refractivity contribution in [3.63, 3.8) is 0 Å². The standard InChI is InChI=1S/C16H21N3/c1-11-4-6-12(7-5-11)19-15-9-8-14(17)16-13(15)3-2-10-18-16/h2-3,8-12,19H,4-7,17H2,1H3. The van der Waals surface area contributed by atoms with E-state index in [0.717, 1.165) is 28.2 Å². The smallest absolute Gasteiger partial charge is 0.0951 e. The van der Waals surface area contributed by atoms with Crippen LogP contribution in [-0.4, -0.2) is 11.0 Å². The van der Waals surface area contributed by atoms with Gasteiger partial charge in [-0.05, 0) is 55.9 Å². The summed E-state index contributed by atoms with van der Waals surface area (Å²) in [4.78, 5) is 4.38. The molecule has 3 nitrogen and oxygen atoms in total. The lowest BCUT2D eigenvalue weighted by molar-refractivity contribution is 0.361. The molecule has 0 unspecified atom stereocenters. The summed E-state index contributed by atoms with van der Waals surface area (Å²) in [5.41, 5.74) is 8.80. The third kappa shape index (κ3) is 2.50. The lowest BCUT2D eigenvalue weighted by atomic mass is 9.87. The van der Waals surface area contributed by atoms with E-state index in [1.165, 1.54) is 25.7 Å². The summed E-state index contributed by atoms with van der Waals surface area (Å²) in [5, 5.41) is 4.80. The number of nitrogens with two attached hydrogens (primary N) is 1. The van der Waals surface area contributed by atoms with Crippen LogP contribution in [0.15, 0.2) is 30.5 Å². The molecular formula is C16H21N3. The molecule has 1 aliphatic rings. The van der Waals surface area contributed by atoms with Gasteiger partial charge in [0.1, 0.15) is 0 Å². The van der Waals surface area contributed by atoms with Gasteiger partial charge in [0.2, 0.25) is 0 Å². The van der Waals surface area contributed by atoms with Crippen molar-refractivity contribution < 1.29 is 0 Å². The van der Waals surface area contributed by atoms with Crippen LogP contribution < -0.4 is 11.1 Å². The number of fused-ring (bicyclic) bond motifs is 1. The van der Waals surface area contributed by atoms with Crippen LogP contribution in [0.25, 0.3) is 10.9 Å². The molecule has 0 radical (unpaired) electrons. The molecule has 100 valence electrons. The van der Waals surface area contributed by atoms with Crippen LogP contribution in [0.2, 0.25) is 0 Å². The van der Waals surface area contributed by atoms with Crippen LogP contribution >= 0.6 is 0 Å². The highest BCUT2D eigenvalue weighted by atomic mass is 14.9. The molecule has 2 aromatic rings. The molecule has 1 aromatic heterocycles. The molecule has 0 atom stereocenters. The SMILES string of the molecule is CC1CCC(Nc2ccc(N)c3ncccc23)CC1. The highest BCUT2D eigenvalue weighted by molar-refractivity contribution is 5.98. The highest BCUT2D eigenvalue weighted by Crippen LogP contribution is 2.30. The van der Waals surface area contributed by atoms with Gasteiger partial charge in [-0.1, -0.05) is 6.92 Å². The minimum absolute atomic E-state index is 0.586. The summed E-state index contributed by atoms with van der Waals surface area (Å²) in [5.74, 6) is 0.878. The van der Waals surface area contributed by atoms with E-state index in [2.05, 4.69) is 29.4 Å². The van der Waals surface area contributed by atoms with Gasteiger partial charge in [0.25, 0.3) is 0 Å². The first kappa shape index (κ1) is 12.3.